The van der Waals surface area contributed by atoms with E-state index in [2.05, 4.69) is 25.6 Å². The smallest absolute Gasteiger partial charge is 0.364 e. The van der Waals surface area contributed by atoms with Gasteiger partial charge in [0.15, 0.2) is 17.0 Å². The molecular formula is C20H26F3N7. The van der Waals surface area contributed by atoms with E-state index in [0.29, 0.717) is 35.0 Å². The van der Waals surface area contributed by atoms with Crippen molar-refractivity contribution in [1.29, 1.82) is 0 Å². The third kappa shape index (κ3) is 5.18. The highest BCUT2D eigenvalue weighted by Gasteiger charge is 2.30. The minimum Gasteiger partial charge on any atom is -0.364 e. The molecule has 162 valence electrons. The van der Waals surface area contributed by atoms with Crippen molar-refractivity contribution in [3.63, 3.8) is 0 Å². The molecule has 0 aliphatic rings. The minimum atomic E-state index is -4.38. The molecule has 0 saturated heterocycles. The summed E-state index contributed by atoms with van der Waals surface area (Å²) in [6.07, 6.45) is -2.68. The van der Waals surface area contributed by atoms with Gasteiger partial charge in [0.1, 0.15) is 0 Å². The second kappa shape index (κ2) is 8.86. The number of aromatic nitrogens is 4. The van der Waals surface area contributed by atoms with Gasteiger partial charge in [-0.05, 0) is 45.6 Å². The zero-order valence-electron chi connectivity index (χ0n) is 17.5. The van der Waals surface area contributed by atoms with E-state index >= 15 is 0 Å². The summed E-state index contributed by atoms with van der Waals surface area (Å²) in [5, 5.41) is 6.33. The van der Waals surface area contributed by atoms with Crippen LogP contribution in [0.2, 0.25) is 0 Å². The van der Waals surface area contributed by atoms with Gasteiger partial charge in [-0.25, -0.2) is 4.98 Å². The Morgan fingerprint density at radius 3 is 2.57 bits per heavy atom. The quantitative estimate of drug-likeness (QED) is 0.573. The van der Waals surface area contributed by atoms with E-state index in [0.717, 1.165) is 18.7 Å². The molecule has 3 aromatic rings. The van der Waals surface area contributed by atoms with Crippen molar-refractivity contribution >= 4 is 22.9 Å². The Morgan fingerprint density at radius 2 is 1.90 bits per heavy atom. The fourth-order valence-corrected chi connectivity index (χ4v) is 2.93. The lowest BCUT2D eigenvalue weighted by molar-refractivity contribution is -0.137. The summed E-state index contributed by atoms with van der Waals surface area (Å²) in [6, 6.07) is 5.38. The minimum absolute atomic E-state index is 0.149. The molecule has 0 atom stereocenters. The fraction of sp³-hybridized carbons (Fsp3) is 0.450. The molecule has 0 unspecified atom stereocenters. The lowest BCUT2D eigenvalue weighted by Gasteiger charge is -2.14. The standard InChI is InChI=1S/C20H26F3N7/c1-13(2)30-12-26-16-17(27-19(28-18(16)30)24-8-9-29(3)4)25-11-14-6-5-7-15(10-14)20(21,22)23/h5-7,10,12-13H,8-9,11H2,1-4H3,(H2,24,25,27,28). The molecule has 0 saturated carbocycles. The Morgan fingerprint density at radius 1 is 1.13 bits per heavy atom. The molecule has 0 amide bonds. The highest BCUT2D eigenvalue weighted by molar-refractivity contribution is 5.84. The van der Waals surface area contributed by atoms with Crippen molar-refractivity contribution in [1.82, 2.24) is 24.4 Å². The summed E-state index contributed by atoms with van der Waals surface area (Å²) in [5.74, 6) is 0.919. The van der Waals surface area contributed by atoms with E-state index in [1.165, 1.54) is 6.07 Å². The molecule has 10 heteroatoms. The first-order valence-corrected chi connectivity index (χ1v) is 9.68. The number of likely N-dealkylation sites (N-methyl/N-ethyl adjacent to an activating group) is 1. The number of rotatable bonds is 8. The highest BCUT2D eigenvalue weighted by atomic mass is 19.4. The molecule has 2 heterocycles. The summed E-state index contributed by atoms with van der Waals surface area (Å²) in [4.78, 5) is 15.5. The third-order valence-electron chi connectivity index (χ3n) is 4.53. The van der Waals surface area contributed by atoms with Gasteiger partial charge < -0.3 is 20.1 Å². The fourth-order valence-electron chi connectivity index (χ4n) is 2.93. The molecular weight excluding hydrogens is 395 g/mol. The Labute approximate surface area is 173 Å². The molecule has 2 N–H and O–H groups in total. The number of hydrogen-bond acceptors (Lipinski definition) is 6. The largest absolute Gasteiger partial charge is 0.416 e. The SMILES string of the molecule is CC(C)n1cnc2c(NCc3cccc(C(F)(F)F)c3)nc(NCCN(C)C)nc21. The van der Waals surface area contributed by atoms with Crippen LogP contribution in [0.4, 0.5) is 24.9 Å². The van der Waals surface area contributed by atoms with E-state index in [9.17, 15) is 13.2 Å². The summed E-state index contributed by atoms with van der Waals surface area (Å²) in [6.45, 7) is 5.69. The van der Waals surface area contributed by atoms with Crippen LogP contribution < -0.4 is 10.6 Å². The van der Waals surface area contributed by atoms with Gasteiger partial charge in [-0.3, -0.25) is 0 Å². The second-order valence-electron chi connectivity index (χ2n) is 7.60. The predicted octanol–water partition coefficient (Wildman–Crippen LogP) is 4.01. The number of halogens is 3. The summed E-state index contributed by atoms with van der Waals surface area (Å²) in [7, 11) is 3.95. The first-order chi connectivity index (χ1) is 14.1. The number of alkyl halides is 3. The molecule has 2 aromatic heterocycles. The van der Waals surface area contributed by atoms with Crippen LogP contribution >= 0.6 is 0 Å². The van der Waals surface area contributed by atoms with Gasteiger partial charge in [0, 0.05) is 25.7 Å². The van der Waals surface area contributed by atoms with Crippen LogP contribution in [0.5, 0.6) is 0 Å². The van der Waals surface area contributed by atoms with Crippen LogP contribution in [-0.4, -0.2) is 51.6 Å². The summed E-state index contributed by atoms with van der Waals surface area (Å²) < 4.78 is 40.9. The normalized spacial score (nSPS) is 12.2. The number of nitrogens with zero attached hydrogens (tertiary/aromatic N) is 5. The van der Waals surface area contributed by atoms with Crippen LogP contribution in [0, 0.1) is 0 Å². The monoisotopic (exact) mass is 421 g/mol. The van der Waals surface area contributed by atoms with Gasteiger partial charge in [0.05, 0.1) is 11.9 Å². The molecule has 0 bridgehead atoms. The topological polar surface area (TPSA) is 70.9 Å². The van der Waals surface area contributed by atoms with Gasteiger partial charge in [0.2, 0.25) is 5.95 Å². The maximum Gasteiger partial charge on any atom is 0.416 e. The van der Waals surface area contributed by atoms with Crippen molar-refractivity contribution in [2.75, 3.05) is 37.8 Å². The number of fused-ring (bicyclic) bond motifs is 1. The molecule has 0 spiro atoms. The van der Waals surface area contributed by atoms with Crippen molar-refractivity contribution in [2.45, 2.75) is 32.6 Å². The first kappa shape index (κ1) is 21.8. The Bertz CT molecular complexity index is 996. The van der Waals surface area contributed by atoms with Gasteiger partial charge in [-0.15, -0.1) is 0 Å². The predicted molar refractivity (Wildman–Crippen MR) is 112 cm³/mol. The first-order valence-electron chi connectivity index (χ1n) is 9.68. The highest BCUT2D eigenvalue weighted by Crippen LogP contribution is 2.30. The van der Waals surface area contributed by atoms with Gasteiger partial charge in [-0.1, -0.05) is 12.1 Å². The Kier molecular flexibility index (Phi) is 6.45. The van der Waals surface area contributed by atoms with E-state index in [1.54, 1.807) is 12.4 Å². The number of hydrogen-bond donors (Lipinski definition) is 2. The van der Waals surface area contributed by atoms with E-state index in [1.807, 2.05) is 37.4 Å². The van der Waals surface area contributed by atoms with Crippen LogP contribution in [0.25, 0.3) is 11.2 Å². The molecule has 30 heavy (non-hydrogen) atoms. The lowest BCUT2D eigenvalue weighted by atomic mass is 10.1. The van der Waals surface area contributed by atoms with Gasteiger partial charge >= 0.3 is 6.18 Å². The number of benzene rings is 1. The molecule has 1 aromatic carbocycles. The molecule has 0 aliphatic heterocycles. The van der Waals surface area contributed by atoms with Gasteiger partial charge in [-0.2, -0.15) is 23.1 Å². The summed E-state index contributed by atoms with van der Waals surface area (Å²) >= 11 is 0. The third-order valence-corrected chi connectivity index (χ3v) is 4.53. The van der Waals surface area contributed by atoms with Crippen molar-refractivity contribution in [3.8, 4) is 0 Å². The lowest BCUT2D eigenvalue weighted by Crippen LogP contribution is -2.21. The molecule has 0 radical (unpaired) electrons. The summed E-state index contributed by atoms with van der Waals surface area (Å²) in [5.41, 5.74) is 1.07. The van der Waals surface area contributed by atoms with E-state index in [-0.39, 0.29) is 12.6 Å². The Balaban J connectivity index is 1.88. The number of nitrogens with one attached hydrogen (secondary N) is 2. The van der Waals surface area contributed by atoms with Crippen LogP contribution in [-0.2, 0) is 12.7 Å². The Hall–Kier alpha value is -2.88. The average molecular weight is 421 g/mol. The van der Waals surface area contributed by atoms with E-state index < -0.39 is 11.7 Å². The molecule has 0 fully saturated rings. The van der Waals surface area contributed by atoms with Crippen molar-refractivity contribution < 1.29 is 13.2 Å². The maximum atomic E-state index is 13.0. The molecule has 3 rings (SSSR count). The zero-order valence-corrected chi connectivity index (χ0v) is 17.5. The maximum absolute atomic E-state index is 13.0. The van der Waals surface area contributed by atoms with Crippen LogP contribution in [0.1, 0.15) is 31.0 Å². The van der Waals surface area contributed by atoms with E-state index in [4.69, 9.17) is 0 Å². The van der Waals surface area contributed by atoms with Gasteiger partial charge in [0.25, 0.3) is 0 Å². The molecule has 0 aliphatic carbocycles. The number of anilines is 2. The van der Waals surface area contributed by atoms with Crippen LogP contribution in [0.15, 0.2) is 30.6 Å². The zero-order chi connectivity index (χ0) is 21.9. The van der Waals surface area contributed by atoms with Crippen molar-refractivity contribution in [3.05, 3.63) is 41.7 Å². The van der Waals surface area contributed by atoms with Crippen molar-refractivity contribution in [2.24, 2.45) is 0 Å². The second-order valence-corrected chi connectivity index (χ2v) is 7.60. The average Bonchev–Trinajstić information content (AvgIpc) is 3.10. The van der Waals surface area contributed by atoms with Crippen LogP contribution in [0.3, 0.4) is 0 Å². The number of imidazole rings is 1. The molecule has 7 nitrogen and oxygen atoms in total.